The monoisotopic (exact) mass is 489 g/mol. The lowest BCUT2D eigenvalue weighted by molar-refractivity contribution is -0.137. The third kappa shape index (κ3) is 5.20. The average molecular weight is 489 g/mol. The van der Waals surface area contributed by atoms with E-state index in [2.05, 4.69) is 40.5 Å². The van der Waals surface area contributed by atoms with E-state index in [1.165, 1.54) is 31.2 Å². The fourth-order valence-electron chi connectivity index (χ4n) is 6.98. The Kier molecular flexibility index (Phi) is 7.99. The third-order valence-electron chi connectivity index (χ3n) is 8.89. The van der Waals surface area contributed by atoms with Crippen LogP contribution in [0.3, 0.4) is 0 Å². The summed E-state index contributed by atoms with van der Waals surface area (Å²) < 4.78 is 0. The van der Waals surface area contributed by atoms with Gasteiger partial charge in [0.1, 0.15) is 0 Å². The van der Waals surface area contributed by atoms with E-state index in [9.17, 15) is 14.8 Å². The van der Waals surface area contributed by atoms with Crippen molar-refractivity contribution in [1.82, 2.24) is 4.90 Å². The molecule has 2 heterocycles. The first-order valence-corrected chi connectivity index (χ1v) is 13.9. The number of rotatable bonds is 5. The molecular formula is C29H40BN3O3. The molecule has 7 heteroatoms. The fraction of sp³-hybridized carbons (Fsp3) is 0.552. The van der Waals surface area contributed by atoms with Gasteiger partial charge >= 0.3 is 7.12 Å². The lowest BCUT2D eigenvalue weighted by Crippen LogP contribution is -2.48. The Balaban J connectivity index is 1.36. The zero-order valence-electron chi connectivity index (χ0n) is 21.2. The number of amides is 1. The maximum absolute atomic E-state index is 14.0. The number of anilines is 1. The van der Waals surface area contributed by atoms with Crippen LogP contribution in [-0.4, -0.2) is 47.6 Å². The largest absolute Gasteiger partial charge is 0.490 e. The molecule has 5 N–H and O–H groups in total. The molecule has 0 bridgehead atoms. The van der Waals surface area contributed by atoms with Gasteiger partial charge in [0.15, 0.2) is 0 Å². The Morgan fingerprint density at radius 2 is 1.72 bits per heavy atom. The highest BCUT2D eigenvalue weighted by Gasteiger charge is 2.42. The topological polar surface area (TPSA) is 98.8 Å². The van der Waals surface area contributed by atoms with Gasteiger partial charge in [-0.3, -0.25) is 4.79 Å². The molecule has 2 fully saturated rings. The van der Waals surface area contributed by atoms with E-state index in [4.69, 9.17) is 5.73 Å². The first-order valence-electron chi connectivity index (χ1n) is 13.9. The molecule has 1 saturated carbocycles. The van der Waals surface area contributed by atoms with Gasteiger partial charge in [-0.25, -0.2) is 0 Å². The number of carbonyl (C=O) groups is 1. The second-order valence-electron chi connectivity index (χ2n) is 11.0. The number of likely N-dealkylation sites (tertiary alicyclic amines) is 1. The maximum atomic E-state index is 14.0. The molecular weight excluding hydrogens is 449 g/mol. The Labute approximate surface area is 215 Å². The summed E-state index contributed by atoms with van der Waals surface area (Å²) in [7, 11) is -1.52. The predicted octanol–water partition coefficient (Wildman–Crippen LogP) is 3.33. The quantitative estimate of drug-likeness (QED) is 0.382. The van der Waals surface area contributed by atoms with Crippen LogP contribution in [0.1, 0.15) is 79.9 Å². The number of fused-ring (bicyclic) bond motifs is 1. The van der Waals surface area contributed by atoms with E-state index in [1.807, 2.05) is 6.07 Å². The van der Waals surface area contributed by atoms with Crippen LogP contribution < -0.4 is 16.5 Å². The van der Waals surface area contributed by atoms with Gasteiger partial charge in [-0.1, -0.05) is 68.1 Å². The van der Waals surface area contributed by atoms with Crippen molar-refractivity contribution in [2.45, 2.75) is 69.7 Å². The van der Waals surface area contributed by atoms with Gasteiger partial charge in [-0.15, -0.1) is 0 Å². The Bertz CT molecular complexity index is 1050. The van der Waals surface area contributed by atoms with Crippen molar-refractivity contribution >= 4 is 24.2 Å². The highest BCUT2D eigenvalue weighted by Crippen LogP contribution is 2.45. The van der Waals surface area contributed by atoms with Crippen molar-refractivity contribution in [2.75, 3.05) is 25.0 Å². The van der Waals surface area contributed by atoms with Crippen LogP contribution in [0.4, 0.5) is 5.69 Å². The summed E-state index contributed by atoms with van der Waals surface area (Å²) in [5, 5.41) is 23.4. The van der Waals surface area contributed by atoms with Crippen molar-refractivity contribution in [3.05, 3.63) is 59.2 Å². The van der Waals surface area contributed by atoms with Gasteiger partial charge < -0.3 is 26.0 Å². The molecule has 1 aliphatic carbocycles. The number of piperidine rings is 1. The summed E-state index contributed by atoms with van der Waals surface area (Å²) in [6, 6.07) is 14.4. The van der Waals surface area contributed by atoms with E-state index in [0.717, 1.165) is 55.6 Å². The summed E-state index contributed by atoms with van der Waals surface area (Å²) in [6.07, 6.45) is 9.18. The number of hydrogen-bond donors (Lipinski definition) is 4. The van der Waals surface area contributed by atoms with Crippen LogP contribution in [0.5, 0.6) is 0 Å². The normalized spacial score (nSPS) is 23.5. The van der Waals surface area contributed by atoms with Crippen LogP contribution in [0.25, 0.3) is 0 Å². The molecule has 2 aromatic carbocycles. The van der Waals surface area contributed by atoms with Crippen LogP contribution in [-0.2, 0) is 11.3 Å². The molecule has 192 valence electrons. The molecule has 2 atom stereocenters. The number of hydrogen-bond acceptors (Lipinski definition) is 5. The van der Waals surface area contributed by atoms with Crippen molar-refractivity contribution in [2.24, 2.45) is 17.6 Å². The second-order valence-corrected chi connectivity index (χ2v) is 11.0. The Morgan fingerprint density at radius 3 is 2.42 bits per heavy atom. The van der Waals surface area contributed by atoms with Gasteiger partial charge in [0.25, 0.3) is 0 Å². The SMILES string of the molecule is NCc1cccc(C2CCN(C(=O)C3CNc4c(B(O)O)cccc4C3C3CCCCCC3)CC2)c1. The molecule has 1 saturated heterocycles. The van der Waals surface area contributed by atoms with Crippen molar-refractivity contribution in [3.8, 4) is 0 Å². The zero-order valence-corrected chi connectivity index (χ0v) is 21.2. The molecule has 0 aromatic heterocycles. The first kappa shape index (κ1) is 25.3. The summed E-state index contributed by atoms with van der Waals surface area (Å²) in [5.74, 6) is 1.17. The van der Waals surface area contributed by atoms with E-state index < -0.39 is 7.12 Å². The lowest BCUT2D eigenvalue weighted by Gasteiger charge is -2.42. The highest BCUT2D eigenvalue weighted by molar-refractivity contribution is 6.60. The van der Waals surface area contributed by atoms with Crippen LogP contribution >= 0.6 is 0 Å². The zero-order chi connectivity index (χ0) is 25.1. The Morgan fingerprint density at radius 1 is 1.00 bits per heavy atom. The van der Waals surface area contributed by atoms with Crippen LogP contribution in [0.15, 0.2) is 42.5 Å². The number of para-hydroxylation sites is 1. The molecule has 3 aliphatic rings. The van der Waals surface area contributed by atoms with Gasteiger partial charge in [-0.05, 0) is 54.2 Å². The van der Waals surface area contributed by atoms with Gasteiger partial charge in [-0.2, -0.15) is 0 Å². The van der Waals surface area contributed by atoms with Gasteiger partial charge in [0.05, 0.1) is 5.92 Å². The molecule has 0 radical (unpaired) electrons. The smallest absolute Gasteiger partial charge is 0.423 e. The lowest BCUT2D eigenvalue weighted by atomic mass is 9.67. The molecule has 6 nitrogen and oxygen atoms in total. The minimum absolute atomic E-state index is 0.115. The summed E-state index contributed by atoms with van der Waals surface area (Å²) in [4.78, 5) is 16.1. The van der Waals surface area contributed by atoms with Crippen molar-refractivity contribution in [1.29, 1.82) is 0 Å². The second kappa shape index (κ2) is 11.4. The number of nitrogens with one attached hydrogen (secondary N) is 1. The first-order chi connectivity index (χ1) is 17.6. The van der Waals surface area contributed by atoms with Crippen LogP contribution in [0.2, 0.25) is 0 Å². The van der Waals surface area contributed by atoms with E-state index in [0.29, 0.717) is 30.4 Å². The molecule has 2 unspecified atom stereocenters. The third-order valence-corrected chi connectivity index (χ3v) is 8.89. The number of nitrogens with zero attached hydrogens (tertiary/aromatic N) is 1. The average Bonchev–Trinajstić information content (AvgIpc) is 3.21. The molecule has 0 spiro atoms. The van der Waals surface area contributed by atoms with Crippen LogP contribution in [0, 0.1) is 11.8 Å². The number of carbonyl (C=O) groups excluding carboxylic acids is 1. The van der Waals surface area contributed by atoms with E-state index >= 15 is 0 Å². The summed E-state index contributed by atoms with van der Waals surface area (Å²) >= 11 is 0. The number of benzene rings is 2. The van der Waals surface area contributed by atoms with E-state index in [-0.39, 0.29) is 17.7 Å². The maximum Gasteiger partial charge on any atom is 0.490 e. The van der Waals surface area contributed by atoms with Crippen molar-refractivity contribution in [3.63, 3.8) is 0 Å². The minimum atomic E-state index is -1.52. The van der Waals surface area contributed by atoms with Crippen molar-refractivity contribution < 1.29 is 14.8 Å². The predicted molar refractivity (Wildman–Crippen MR) is 145 cm³/mol. The van der Waals surface area contributed by atoms with Gasteiger partial charge in [0, 0.05) is 43.2 Å². The van der Waals surface area contributed by atoms with E-state index in [1.54, 1.807) is 6.07 Å². The fourth-order valence-corrected chi connectivity index (χ4v) is 6.98. The Hall–Kier alpha value is -2.35. The molecule has 2 aromatic rings. The molecule has 5 rings (SSSR count). The summed E-state index contributed by atoms with van der Waals surface area (Å²) in [5.41, 5.74) is 10.8. The highest BCUT2D eigenvalue weighted by atomic mass is 16.4. The molecule has 1 amide bonds. The number of nitrogens with two attached hydrogens (primary N) is 1. The molecule has 2 aliphatic heterocycles. The minimum Gasteiger partial charge on any atom is -0.423 e. The van der Waals surface area contributed by atoms with Gasteiger partial charge in [0.2, 0.25) is 5.91 Å². The summed E-state index contributed by atoms with van der Waals surface area (Å²) in [6.45, 7) is 2.67. The standard InChI is InChI=1S/C29H40BN3O3/c31-18-20-7-5-10-23(17-20)21-13-15-33(16-14-21)29(34)25-19-32-28-24(11-6-12-26(28)30(35)36)27(25)22-8-3-1-2-4-9-22/h5-7,10-12,17,21-22,25,27,32,35-36H,1-4,8-9,13-16,18-19,31H2. The molecule has 36 heavy (non-hydrogen) atoms.